The predicted molar refractivity (Wildman–Crippen MR) is 47.1 cm³/mol. The van der Waals surface area contributed by atoms with Crippen LogP contribution in [0.2, 0.25) is 0 Å². The number of halogens is 1. The minimum Gasteiger partial charge on any atom is -0.494 e. The van der Waals surface area contributed by atoms with Gasteiger partial charge in [0, 0.05) is 18.2 Å². The van der Waals surface area contributed by atoms with E-state index in [9.17, 15) is 9.18 Å². The normalized spacial score (nSPS) is 9.69. The van der Waals surface area contributed by atoms with Crippen LogP contribution in [0.1, 0.15) is 5.56 Å². The van der Waals surface area contributed by atoms with Crippen LogP contribution in [0.15, 0.2) is 12.1 Å². The van der Waals surface area contributed by atoms with Crippen molar-refractivity contribution in [2.24, 2.45) is 0 Å². The van der Waals surface area contributed by atoms with E-state index in [1.807, 2.05) is 0 Å². The first-order chi connectivity index (χ1) is 6.19. The fraction of sp³-hybridized carbons (Fsp3) is 0.222. The summed E-state index contributed by atoms with van der Waals surface area (Å²) in [5.41, 5.74) is 6.32. The molecule has 0 fully saturated rings. The second-order valence-corrected chi connectivity index (χ2v) is 2.56. The van der Waals surface area contributed by atoms with Crippen LogP contribution in [0.5, 0.6) is 5.75 Å². The molecule has 0 aromatic heterocycles. The van der Waals surface area contributed by atoms with Gasteiger partial charge in [-0.05, 0) is 11.6 Å². The van der Waals surface area contributed by atoms with Crippen LogP contribution in [0.4, 0.5) is 10.1 Å². The van der Waals surface area contributed by atoms with E-state index in [4.69, 9.17) is 10.5 Å². The number of rotatable bonds is 3. The summed E-state index contributed by atoms with van der Waals surface area (Å²) in [6, 6.07) is 2.58. The highest BCUT2D eigenvalue weighted by molar-refractivity contribution is 5.62. The van der Waals surface area contributed by atoms with Crippen molar-refractivity contribution in [1.82, 2.24) is 0 Å². The summed E-state index contributed by atoms with van der Waals surface area (Å²) < 4.78 is 17.7. The van der Waals surface area contributed by atoms with E-state index in [1.165, 1.54) is 13.2 Å². The van der Waals surface area contributed by atoms with Crippen molar-refractivity contribution in [3.8, 4) is 5.75 Å². The van der Waals surface area contributed by atoms with Crippen LogP contribution in [0.25, 0.3) is 0 Å². The lowest BCUT2D eigenvalue weighted by Crippen LogP contribution is -1.98. The molecule has 0 unspecified atom stereocenters. The van der Waals surface area contributed by atoms with E-state index in [0.717, 1.165) is 6.07 Å². The molecule has 4 heteroatoms. The van der Waals surface area contributed by atoms with Gasteiger partial charge in [0.2, 0.25) is 0 Å². The molecule has 1 aromatic rings. The fourth-order valence-corrected chi connectivity index (χ4v) is 1.03. The molecule has 3 nitrogen and oxygen atoms in total. The van der Waals surface area contributed by atoms with E-state index in [0.29, 0.717) is 11.8 Å². The second-order valence-electron chi connectivity index (χ2n) is 2.56. The number of carbonyl (C=O) groups excluding carboxylic acids is 1. The Morgan fingerprint density at radius 1 is 1.62 bits per heavy atom. The number of nitrogens with two attached hydrogens (primary N) is 1. The average molecular weight is 183 g/mol. The largest absolute Gasteiger partial charge is 0.494 e. The fourth-order valence-electron chi connectivity index (χ4n) is 1.03. The monoisotopic (exact) mass is 183 g/mol. The van der Waals surface area contributed by atoms with Crippen LogP contribution >= 0.6 is 0 Å². The minimum atomic E-state index is -0.519. The molecule has 1 rings (SSSR count). The molecule has 0 bridgehead atoms. The number of anilines is 1. The summed E-state index contributed by atoms with van der Waals surface area (Å²) in [7, 11) is 1.36. The van der Waals surface area contributed by atoms with Crippen LogP contribution in [0.3, 0.4) is 0 Å². The molecule has 2 N–H and O–H groups in total. The first-order valence-electron chi connectivity index (χ1n) is 3.74. The van der Waals surface area contributed by atoms with Gasteiger partial charge in [-0.2, -0.15) is 0 Å². The van der Waals surface area contributed by atoms with E-state index < -0.39 is 5.82 Å². The van der Waals surface area contributed by atoms with Gasteiger partial charge in [0.15, 0.2) is 11.6 Å². The number of carbonyl (C=O) groups is 1. The highest BCUT2D eigenvalue weighted by Crippen LogP contribution is 2.23. The number of hydrogen-bond donors (Lipinski definition) is 1. The molecule has 0 spiro atoms. The van der Waals surface area contributed by atoms with Crippen molar-refractivity contribution in [1.29, 1.82) is 0 Å². The predicted octanol–water partition coefficient (Wildman–Crippen LogP) is 1.16. The van der Waals surface area contributed by atoms with E-state index in [-0.39, 0.29) is 17.9 Å². The highest BCUT2D eigenvalue weighted by Gasteiger charge is 2.07. The molecule has 0 heterocycles. The molecule has 0 aliphatic carbocycles. The molecule has 0 atom stereocenters. The van der Waals surface area contributed by atoms with Crippen LogP contribution in [-0.4, -0.2) is 13.4 Å². The number of benzene rings is 1. The Kier molecular flexibility index (Phi) is 2.84. The van der Waals surface area contributed by atoms with Crippen molar-refractivity contribution in [3.63, 3.8) is 0 Å². The van der Waals surface area contributed by atoms with Gasteiger partial charge in [-0.15, -0.1) is 0 Å². The van der Waals surface area contributed by atoms with Crippen molar-refractivity contribution < 1.29 is 13.9 Å². The van der Waals surface area contributed by atoms with Gasteiger partial charge >= 0.3 is 0 Å². The summed E-state index contributed by atoms with van der Waals surface area (Å²) >= 11 is 0. The second kappa shape index (κ2) is 3.89. The smallest absolute Gasteiger partial charge is 0.167 e. The first-order valence-corrected chi connectivity index (χ1v) is 3.74. The molecule has 0 amide bonds. The molecule has 0 radical (unpaired) electrons. The Hall–Kier alpha value is -1.58. The quantitative estimate of drug-likeness (QED) is 0.565. The summed E-state index contributed by atoms with van der Waals surface area (Å²) in [4.78, 5) is 10.2. The van der Waals surface area contributed by atoms with E-state index in [1.54, 1.807) is 0 Å². The van der Waals surface area contributed by atoms with Gasteiger partial charge < -0.3 is 15.3 Å². The third-order valence-electron chi connectivity index (χ3n) is 1.72. The zero-order valence-corrected chi connectivity index (χ0v) is 7.21. The van der Waals surface area contributed by atoms with Gasteiger partial charge in [0.25, 0.3) is 0 Å². The van der Waals surface area contributed by atoms with Gasteiger partial charge in [0.1, 0.15) is 6.29 Å². The van der Waals surface area contributed by atoms with Crippen molar-refractivity contribution in [3.05, 3.63) is 23.5 Å². The lowest BCUT2D eigenvalue weighted by atomic mass is 10.1. The topological polar surface area (TPSA) is 52.3 Å². The highest BCUT2D eigenvalue weighted by atomic mass is 19.1. The Balaban J connectivity index is 3.13. The van der Waals surface area contributed by atoms with E-state index >= 15 is 0 Å². The zero-order chi connectivity index (χ0) is 9.84. The molecule has 70 valence electrons. The third kappa shape index (κ3) is 1.96. The maximum absolute atomic E-state index is 13.0. The molecular formula is C9H10FNO2. The molecule has 1 aromatic carbocycles. The van der Waals surface area contributed by atoms with Gasteiger partial charge in [0.05, 0.1) is 7.11 Å². The summed E-state index contributed by atoms with van der Waals surface area (Å²) in [6.45, 7) is 0. The maximum atomic E-state index is 13.0. The Morgan fingerprint density at radius 2 is 2.31 bits per heavy atom. The summed E-state index contributed by atoms with van der Waals surface area (Å²) in [6.07, 6.45) is 0.880. The Labute approximate surface area is 75.3 Å². The summed E-state index contributed by atoms with van der Waals surface area (Å²) in [5.74, 6) is -0.416. The van der Waals surface area contributed by atoms with Gasteiger partial charge in [-0.25, -0.2) is 4.39 Å². The van der Waals surface area contributed by atoms with Gasteiger partial charge in [-0.1, -0.05) is 0 Å². The summed E-state index contributed by atoms with van der Waals surface area (Å²) in [5, 5.41) is 0. The molecule has 13 heavy (non-hydrogen) atoms. The molecule has 0 saturated heterocycles. The minimum absolute atomic E-state index is 0.103. The average Bonchev–Trinajstić information content (AvgIpc) is 2.10. The lowest BCUT2D eigenvalue weighted by Gasteiger charge is -2.06. The SMILES string of the molecule is COc1cc(CC=O)c(N)cc1F. The van der Waals surface area contributed by atoms with Gasteiger partial charge in [-0.3, -0.25) is 0 Å². The molecule has 0 aliphatic rings. The van der Waals surface area contributed by atoms with E-state index in [2.05, 4.69) is 0 Å². The number of nitrogen functional groups attached to an aromatic ring is 1. The zero-order valence-electron chi connectivity index (χ0n) is 7.21. The van der Waals surface area contributed by atoms with Crippen molar-refractivity contribution in [2.75, 3.05) is 12.8 Å². The first kappa shape index (κ1) is 9.51. The van der Waals surface area contributed by atoms with Crippen LogP contribution in [0, 0.1) is 5.82 Å². The Bertz CT molecular complexity index is 326. The molecule has 0 saturated carbocycles. The number of hydrogen-bond acceptors (Lipinski definition) is 3. The molecular weight excluding hydrogens is 173 g/mol. The van der Waals surface area contributed by atoms with Crippen LogP contribution in [-0.2, 0) is 11.2 Å². The Morgan fingerprint density at radius 3 is 2.85 bits per heavy atom. The number of methoxy groups -OCH3 is 1. The standard InChI is InChI=1S/C9H10FNO2/c1-13-9-4-6(2-3-12)8(11)5-7(9)10/h3-5H,2,11H2,1H3. The number of aldehydes is 1. The lowest BCUT2D eigenvalue weighted by molar-refractivity contribution is -0.107. The number of ether oxygens (including phenoxy) is 1. The van der Waals surface area contributed by atoms with Crippen LogP contribution < -0.4 is 10.5 Å². The van der Waals surface area contributed by atoms with Crippen molar-refractivity contribution >= 4 is 12.0 Å². The van der Waals surface area contributed by atoms with Crippen molar-refractivity contribution in [2.45, 2.75) is 6.42 Å². The maximum Gasteiger partial charge on any atom is 0.167 e. The third-order valence-corrected chi connectivity index (χ3v) is 1.72. The molecule has 0 aliphatic heterocycles.